The van der Waals surface area contributed by atoms with Crippen LogP contribution in [0.4, 0.5) is 5.69 Å². The van der Waals surface area contributed by atoms with Gasteiger partial charge in [0.05, 0.1) is 23.2 Å². The van der Waals surface area contributed by atoms with Crippen LogP contribution in [0.25, 0.3) is 0 Å². The van der Waals surface area contributed by atoms with Crippen molar-refractivity contribution in [1.82, 2.24) is 4.90 Å². The lowest BCUT2D eigenvalue weighted by Gasteiger charge is -2.12. The van der Waals surface area contributed by atoms with Gasteiger partial charge in [0.25, 0.3) is 17.7 Å². The van der Waals surface area contributed by atoms with Gasteiger partial charge in [0.1, 0.15) is 5.75 Å². The molecule has 3 N–H and O–H groups in total. The second-order valence-electron chi connectivity index (χ2n) is 6.74. The molecule has 0 radical (unpaired) electrons. The van der Waals surface area contributed by atoms with E-state index in [1.165, 1.54) is 43.5 Å². The van der Waals surface area contributed by atoms with Crippen LogP contribution in [0.2, 0.25) is 0 Å². The lowest BCUT2D eigenvalue weighted by atomic mass is 10.0. The largest absolute Gasteiger partial charge is 0.506 e. The zero-order valence-corrected chi connectivity index (χ0v) is 16.2. The minimum absolute atomic E-state index is 0.0443. The molecular weight excluding hydrogens is 392 g/mol. The zero-order valence-electron chi connectivity index (χ0n) is 16.2. The number of ether oxygens (including phenoxy) is 1. The molecule has 0 fully saturated rings. The molecule has 1 aliphatic heterocycles. The summed E-state index contributed by atoms with van der Waals surface area (Å²) in [5.74, 6) is -2.79. The van der Waals surface area contributed by atoms with Crippen LogP contribution in [-0.2, 0) is 16.0 Å². The summed E-state index contributed by atoms with van der Waals surface area (Å²) in [5.41, 5.74) is 0.922. The number of carbonyl (C=O) groups is 4. The maximum atomic E-state index is 12.6. The summed E-state index contributed by atoms with van der Waals surface area (Å²) in [6.45, 7) is 0.622. The fourth-order valence-corrected chi connectivity index (χ4v) is 3.16. The number of benzene rings is 2. The molecule has 0 atom stereocenters. The number of hydrogen-bond acceptors (Lipinski definition) is 6. The van der Waals surface area contributed by atoms with Crippen molar-refractivity contribution in [2.24, 2.45) is 0 Å². The van der Waals surface area contributed by atoms with Crippen molar-refractivity contribution in [3.63, 3.8) is 0 Å². The Bertz CT molecular complexity index is 1030. The number of carboxylic acids is 1. The number of aromatic hydroxyl groups is 1. The number of carbonyl (C=O) groups excluding carboxylic acids is 3. The Balaban J connectivity index is 1.79. The minimum atomic E-state index is -1.05. The SMILES string of the molecule is COCCCN1C(=O)c2ccc(C(=O)Nc3cc(CC(=O)O)ccc3O)cc2C1=O. The summed E-state index contributed by atoms with van der Waals surface area (Å²) in [5, 5.41) is 21.4. The van der Waals surface area contributed by atoms with Gasteiger partial charge in [-0.2, -0.15) is 0 Å². The number of fused-ring (bicyclic) bond motifs is 1. The first kappa shape index (κ1) is 21.0. The van der Waals surface area contributed by atoms with E-state index in [4.69, 9.17) is 9.84 Å². The van der Waals surface area contributed by atoms with Gasteiger partial charge in [0, 0.05) is 25.8 Å². The number of hydrogen-bond donors (Lipinski definition) is 3. The van der Waals surface area contributed by atoms with Gasteiger partial charge in [-0.1, -0.05) is 6.07 Å². The van der Waals surface area contributed by atoms with E-state index in [0.29, 0.717) is 18.6 Å². The number of methoxy groups -OCH3 is 1. The zero-order chi connectivity index (χ0) is 21.8. The van der Waals surface area contributed by atoms with Gasteiger partial charge in [-0.3, -0.25) is 24.1 Å². The van der Waals surface area contributed by atoms with Crippen LogP contribution in [0.5, 0.6) is 5.75 Å². The normalized spacial score (nSPS) is 12.8. The highest BCUT2D eigenvalue weighted by Crippen LogP contribution is 2.27. The molecule has 9 heteroatoms. The summed E-state index contributed by atoms with van der Waals surface area (Å²) >= 11 is 0. The van der Waals surface area contributed by atoms with Crippen molar-refractivity contribution >= 4 is 29.4 Å². The molecule has 0 saturated heterocycles. The van der Waals surface area contributed by atoms with Gasteiger partial charge < -0.3 is 20.3 Å². The smallest absolute Gasteiger partial charge is 0.307 e. The molecular formula is C21H20N2O7. The van der Waals surface area contributed by atoms with Gasteiger partial charge in [-0.25, -0.2) is 0 Å². The van der Waals surface area contributed by atoms with E-state index in [-0.39, 0.29) is 41.1 Å². The Labute approximate surface area is 171 Å². The fraction of sp³-hybridized carbons (Fsp3) is 0.238. The predicted molar refractivity (Wildman–Crippen MR) is 106 cm³/mol. The summed E-state index contributed by atoms with van der Waals surface area (Å²) in [6.07, 6.45) is 0.235. The second-order valence-corrected chi connectivity index (χ2v) is 6.74. The average Bonchev–Trinajstić information content (AvgIpc) is 2.94. The number of nitrogens with one attached hydrogen (secondary N) is 1. The van der Waals surface area contributed by atoms with Crippen molar-refractivity contribution < 1.29 is 34.1 Å². The summed E-state index contributed by atoms with van der Waals surface area (Å²) < 4.78 is 4.94. The van der Waals surface area contributed by atoms with Gasteiger partial charge in [-0.05, 0) is 42.3 Å². The van der Waals surface area contributed by atoms with E-state index in [9.17, 15) is 24.3 Å². The molecule has 0 aliphatic carbocycles. The van der Waals surface area contributed by atoms with Crippen molar-refractivity contribution in [3.8, 4) is 5.75 Å². The number of carboxylic acid groups (broad SMARTS) is 1. The fourth-order valence-electron chi connectivity index (χ4n) is 3.16. The highest BCUT2D eigenvalue weighted by molar-refractivity contribution is 6.22. The molecule has 3 amide bonds. The number of nitrogens with zero attached hydrogens (tertiary/aromatic N) is 1. The molecule has 0 bridgehead atoms. The summed E-state index contributed by atoms with van der Waals surface area (Å²) in [7, 11) is 1.53. The average molecular weight is 412 g/mol. The van der Waals surface area contributed by atoms with E-state index in [1.54, 1.807) is 0 Å². The first-order chi connectivity index (χ1) is 14.3. The molecule has 2 aromatic carbocycles. The van der Waals surface area contributed by atoms with Crippen LogP contribution in [0.1, 0.15) is 43.1 Å². The maximum absolute atomic E-state index is 12.6. The molecule has 2 aromatic rings. The van der Waals surface area contributed by atoms with Crippen LogP contribution in [0, 0.1) is 0 Å². The Morgan fingerprint density at radius 2 is 1.80 bits per heavy atom. The quantitative estimate of drug-likeness (QED) is 0.343. The van der Waals surface area contributed by atoms with Crippen LogP contribution >= 0.6 is 0 Å². The number of anilines is 1. The van der Waals surface area contributed by atoms with Gasteiger partial charge in [0.15, 0.2) is 0 Å². The van der Waals surface area contributed by atoms with Gasteiger partial charge >= 0.3 is 5.97 Å². The first-order valence-corrected chi connectivity index (χ1v) is 9.16. The monoisotopic (exact) mass is 412 g/mol. The number of rotatable bonds is 8. The third-order valence-electron chi connectivity index (χ3n) is 4.63. The second kappa shape index (κ2) is 8.75. The number of imide groups is 1. The highest BCUT2D eigenvalue weighted by Gasteiger charge is 2.35. The molecule has 3 rings (SSSR count). The van der Waals surface area contributed by atoms with Crippen molar-refractivity contribution in [2.75, 3.05) is 25.6 Å². The number of aliphatic carboxylic acids is 1. The minimum Gasteiger partial charge on any atom is -0.506 e. The van der Waals surface area contributed by atoms with Crippen LogP contribution < -0.4 is 5.32 Å². The molecule has 0 saturated carbocycles. The Morgan fingerprint density at radius 1 is 1.07 bits per heavy atom. The molecule has 1 heterocycles. The highest BCUT2D eigenvalue weighted by atomic mass is 16.5. The van der Waals surface area contributed by atoms with Crippen LogP contribution in [-0.4, -0.2) is 59.1 Å². The molecule has 0 aromatic heterocycles. The standard InChI is InChI=1S/C21H20N2O7/c1-30-8-2-7-23-20(28)14-5-4-13(11-15(14)21(23)29)19(27)22-16-9-12(10-18(25)26)3-6-17(16)24/h3-6,9,11,24H,2,7-8,10H2,1H3,(H,22,27)(H,25,26). The lowest BCUT2D eigenvalue weighted by Crippen LogP contribution is -2.31. The van der Waals surface area contributed by atoms with E-state index < -0.39 is 23.7 Å². The third kappa shape index (κ3) is 4.31. The Morgan fingerprint density at radius 3 is 2.50 bits per heavy atom. The van der Waals surface area contributed by atoms with E-state index >= 15 is 0 Å². The van der Waals surface area contributed by atoms with Crippen molar-refractivity contribution in [3.05, 3.63) is 58.7 Å². The number of amides is 3. The Kier molecular flexibility index (Phi) is 6.12. The predicted octanol–water partition coefficient (Wildman–Crippen LogP) is 1.90. The molecule has 30 heavy (non-hydrogen) atoms. The van der Waals surface area contributed by atoms with E-state index in [1.807, 2.05) is 0 Å². The van der Waals surface area contributed by atoms with Crippen molar-refractivity contribution in [2.45, 2.75) is 12.8 Å². The molecule has 1 aliphatic rings. The topological polar surface area (TPSA) is 133 Å². The lowest BCUT2D eigenvalue weighted by molar-refractivity contribution is -0.136. The van der Waals surface area contributed by atoms with Crippen molar-refractivity contribution in [1.29, 1.82) is 0 Å². The summed E-state index contributed by atoms with van der Waals surface area (Å²) in [4.78, 5) is 49.6. The number of phenolic OH excluding ortho intramolecular Hbond substituents is 1. The van der Waals surface area contributed by atoms with Crippen LogP contribution in [0.3, 0.4) is 0 Å². The van der Waals surface area contributed by atoms with Crippen LogP contribution in [0.15, 0.2) is 36.4 Å². The van der Waals surface area contributed by atoms with E-state index in [0.717, 1.165) is 4.90 Å². The molecule has 0 unspecified atom stereocenters. The van der Waals surface area contributed by atoms with Gasteiger partial charge in [-0.15, -0.1) is 0 Å². The van der Waals surface area contributed by atoms with Gasteiger partial charge in [0.2, 0.25) is 0 Å². The maximum Gasteiger partial charge on any atom is 0.307 e. The number of phenols is 1. The third-order valence-corrected chi connectivity index (χ3v) is 4.63. The molecule has 9 nitrogen and oxygen atoms in total. The first-order valence-electron chi connectivity index (χ1n) is 9.16. The Hall–Kier alpha value is -3.72. The molecule has 156 valence electrons. The van der Waals surface area contributed by atoms with E-state index in [2.05, 4.69) is 5.32 Å². The molecule has 0 spiro atoms. The summed E-state index contributed by atoms with van der Waals surface area (Å²) in [6, 6.07) is 8.26.